The number of fused-ring (bicyclic) bond motifs is 2. The number of nitrogen functional groups attached to an aromatic ring is 1. The monoisotopic (exact) mass is 307 g/mol. The van der Waals surface area contributed by atoms with Gasteiger partial charge in [0.2, 0.25) is 0 Å². The summed E-state index contributed by atoms with van der Waals surface area (Å²) >= 11 is 0. The first-order valence-corrected chi connectivity index (χ1v) is 7.07. The second-order valence-corrected chi connectivity index (χ2v) is 5.37. The lowest BCUT2D eigenvalue weighted by Crippen LogP contribution is -2.23. The number of rotatable bonds is 1. The van der Waals surface area contributed by atoms with Crippen LogP contribution in [0.15, 0.2) is 57.9 Å². The van der Waals surface area contributed by atoms with Crippen molar-refractivity contribution in [3.8, 4) is 0 Å². The zero-order valence-corrected chi connectivity index (χ0v) is 12.3. The van der Waals surface area contributed by atoms with Crippen molar-refractivity contribution in [3.05, 3.63) is 64.8 Å². The average molecular weight is 307 g/mol. The van der Waals surface area contributed by atoms with Crippen molar-refractivity contribution in [1.82, 2.24) is 9.13 Å². The van der Waals surface area contributed by atoms with Gasteiger partial charge in [0.05, 0.1) is 5.69 Å². The summed E-state index contributed by atoms with van der Waals surface area (Å²) in [5, 5.41) is 0.783. The van der Waals surface area contributed by atoms with Crippen LogP contribution < -0.4 is 11.5 Å². The van der Waals surface area contributed by atoms with Crippen LogP contribution in [0.5, 0.6) is 0 Å². The number of benzene rings is 2. The molecule has 2 aromatic carbocycles. The van der Waals surface area contributed by atoms with E-state index in [-0.39, 0.29) is 5.58 Å². The lowest BCUT2D eigenvalue weighted by molar-refractivity contribution is 0.0958. The van der Waals surface area contributed by atoms with Crippen molar-refractivity contribution in [1.29, 1.82) is 0 Å². The third-order valence-corrected chi connectivity index (χ3v) is 4.00. The van der Waals surface area contributed by atoms with Gasteiger partial charge in [0.1, 0.15) is 5.52 Å². The van der Waals surface area contributed by atoms with Gasteiger partial charge in [-0.2, -0.15) is 0 Å². The van der Waals surface area contributed by atoms with Crippen LogP contribution in [-0.2, 0) is 7.05 Å². The Balaban J connectivity index is 2.01. The van der Waals surface area contributed by atoms with Crippen LogP contribution in [-0.4, -0.2) is 15.0 Å². The van der Waals surface area contributed by atoms with Gasteiger partial charge in [-0.25, -0.2) is 9.36 Å². The molecule has 4 rings (SSSR count). The molecule has 0 aliphatic carbocycles. The van der Waals surface area contributed by atoms with E-state index >= 15 is 0 Å². The summed E-state index contributed by atoms with van der Waals surface area (Å²) in [7, 11) is 1.90. The van der Waals surface area contributed by atoms with E-state index in [0.29, 0.717) is 16.8 Å². The molecule has 6 heteroatoms. The molecule has 6 nitrogen and oxygen atoms in total. The third-order valence-electron chi connectivity index (χ3n) is 4.00. The Morgan fingerprint density at radius 1 is 1.09 bits per heavy atom. The zero-order valence-electron chi connectivity index (χ0n) is 12.3. The second-order valence-electron chi connectivity index (χ2n) is 5.37. The molecular formula is C17H13N3O3. The van der Waals surface area contributed by atoms with Crippen molar-refractivity contribution in [3.63, 3.8) is 0 Å². The SMILES string of the molecule is Cn1ccc2c(C(=O)n3c(=O)oc4c(N)cccc43)cccc21. The smallest absolute Gasteiger partial charge is 0.405 e. The second kappa shape index (κ2) is 4.61. The van der Waals surface area contributed by atoms with Gasteiger partial charge in [-0.15, -0.1) is 0 Å². The van der Waals surface area contributed by atoms with Crippen LogP contribution in [0.3, 0.4) is 0 Å². The number of aryl methyl sites for hydroxylation is 1. The number of carbonyl (C=O) groups is 1. The fourth-order valence-electron chi connectivity index (χ4n) is 2.86. The van der Waals surface area contributed by atoms with Gasteiger partial charge < -0.3 is 14.7 Å². The summed E-state index contributed by atoms with van der Waals surface area (Å²) in [5.74, 6) is -1.17. The highest BCUT2D eigenvalue weighted by molar-refractivity contribution is 6.10. The largest absolute Gasteiger partial charge is 0.427 e. The minimum absolute atomic E-state index is 0.228. The van der Waals surface area contributed by atoms with Crippen LogP contribution in [0.1, 0.15) is 10.4 Å². The highest BCUT2D eigenvalue weighted by Gasteiger charge is 2.20. The van der Waals surface area contributed by atoms with Crippen LogP contribution in [0, 0.1) is 0 Å². The van der Waals surface area contributed by atoms with E-state index in [1.54, 1.807) is 30.3 Å². The van der Waals surface area contributed by atoms with Gasteiger partial charge in [0.15, 0.2) is 5.58 Å². The Bertz CT molecular complexity index is 1130. The van der Waals surface area contributed by atoms with E-state index in [4.69, 9.17) is 10.2 Å². The Kier molecular flexibility index (Phi) is 2.68. The standard InChI is InChI=1S/C17H13N3O3/c1-19-9-8-10-11(4-2-6-13(10)19)16(21)20-14-7-3-5-12(18)15(14)23-17(20)22/h2-9H,18H2,1H3. The molecule has 0 aliphatic heterocycles. The Morgan fingerprint density at radius 3 is 2.65 bits per heavy atom. The Morgan fingerprint density at radius 2 is 1.83 bits per heavy atom. The predicted molar refractivity (Wildman–Crippen MR) is 87.5 cm³/mol. The van der Waals surface area contributed by atoms with E-state index in [1.165, 1.54) is 0 Å². The summed E-state index contributed by atoms with van der Waals surface area (Å²) < 4.78 is 8.08. The summed E-state index contributed by atoms with van der Waals surface area (Å²) in [6, 6.07) is 12.2. The molecule has 0 saturated carbocycles. The molecule has 0 bridgehead atoms. The molecule has 2 heterocycles. The van der Waals surface area contributed by atoms with Gasteiger partial charge >= 0.3 is 5.76 Å². The van der Waals surface area contributed by atoms with Gasteiger partial charge in [-0.1, -0.05) is 12.1 Å². The van der Waals surface area contributed by atoms with Crippen molar-refractivity contribution < 1.29 is 9.21 Å². The van der Waals surface area contributed by atoms with Crippen LogP contribution in [0.25, 0.3) is 22.0 Å². The minimum Gasteiger partial charge on any atom is -0.405 e. The lowest BCUT2D eigenvalue weighted by Gasteiger charge is -2.04. The van der Waals surface area contributed by atoms with Gasteiger partial charge in [-0.3, -0.25) is 4.79 Å². The maximum atomic E-state index is 12.9. The normalized spacial score (nSPS) is 11.3. The number of nitrogens with zero attached hydrogens (tertiary/aromatic N) is 2. The average Bonchev–Trinajstić information content (AvgIpc) is 3.08. The summed E-state index contributed by atoms with van der Waals surface area (Å²) in [6.45, 7) is 0. The predicted octanol–water partition coefficient (Wildman–Crippen LogP) is 2.36. The van der Waals surface area contributed by atoms with E-state index < -0.39 is 11.7 Å². The first kappa shape index (κ1) is 13.4. The molecule has 114 valence electrons. The Hall–Kier alpha value is -3.28. The van der Waals surface area contributed by atoms with Crippen LogP contribution in [0.2, 0.25) is 0 Å². The number of oxazole rings is 1. The van der Waals surface area contributed by atoms with Gasteiger partial charge in [0, 0.05) is 29.7 Å². The third kappa shape index (κ3) is 1.81. The summed E-state index contributed by atoms with van der Waals surface area (Å²) in [4.78, 5) is 25.1. The summed E-state index contributed by atoms with van der Waals surface area (Å²) in [5.41, 5.74) is 8.08. The number of hydrogen-bond donors (Lipinski definition) is 1. The van der Waals surface area contributed by atoms with Gasteiger partial charge in [0.25, 0.3) is 5.91 Å². The maximum Gasteiger partial charge on any atom is 0.427 e. The number of para-hydroxylation sites is 1. The fourth-order valence-corrected chi connectivity index (χ4v) is 2.86. The molecule has 0 aliphatic rings. The van der Waals surface area contributed by atoms with Crippen molar-refractivity contribution in [2.24, 2.45) is 7.05 Å². The molecule has 0 amide bonds. The first-order valence-electron chi connectivity index (χ1n) is 7.07. The van der Waals surface area contributed by atoms with Gasteiger partial charge in [-0.05, 0) is 30.3 Å². The maximum absolute atomic E-state index is 12.9. The fraction of sp³-hybridized carbons (Fsp3) is 0.0588. The molecule has 0 fully saturated rings. The molecule has 4 aromatic rings. The Labute approximate surface area is 130 Å². The molecule has 0 unspecified atom stereocenters. The van der Waals surface area contributed by atoms with E-state index in [1.807, 2.05) is 29.9 Å². The van der Waals surface area contributed by atoms with Crippen LogP contribution >= 0.6 is 0 Å². The number of anilines is 1. The molecule has 0 spiro atoms. The van der Waals surface area contributed by atoms with Crippen molar-refractivity contribution in [2.45, 2.75) is 0 Å². The molecule has 0 atom stereocenters. The van der Waals surface area contributed by atoms with E-state index in [9.17, 15) is 9.59 Å². The van der Waals surface area contributed by atoms with Crippen molar-refractivity contribution >= 4 is 33.6 Å². The van der Waals surface area contributed by atoms with E-state index in [0.717, 1.165) is 15.5 Å². The molecule has 0 saturated heterocycles. The molecular weight excluding hydrogens is 294 g/mol. The van der Waals surface area contributed by atoms with E-state index in [2.05, 4.69) is 0 Å². The number of carbonyl (C=O) groups excluding carboxylic acids is 1. The number of hydrogen-bond acceptors (Lipinski definition) is 4. The first-order chi connectivity index (χ1) is 11.1. The molecule has 0 radical (unpaired) electrons. The summed E-state index contributed by atoms with van der Waals surface area (Å²) in [6.07, 6.45) is 1.87. The van der Waals surface area contributed by atoms with Crippen molar-refractivity contribution in [2.75, 3.05) is 5.73 Å². The number of aromatic nitrogens is 2. The molecule has 23 heavy (non-hydrogen) atoms. The quantitative estimate of drug-likeness (QED) is 0.547. The molecule has 2 N–H and O–H groups in total. The molecule has 2 aromatic heterocycles. The highest BCUT2D eigenvalue weighted by atomic mass is 16.4. The topological polar surface area (TPSA) is 83.2 Å². The minimum atomic E-state index is -0.740. The number of nitrogens with two attached hydrogens (primary N) is 1. The lowest BCUT2D eigenvalue weighted by atomic mass is 10.1. The van der Waals surface area contributed by atoms with Crippen LogP contribution in [0.4, 0.5) is 5.69 Å². The zero-order chi connectivity index (χ0) is 16.1. The highest BCUT2D eigenvalue weighted by Crippen LogP contribution is 2.23.